The normalized spacial score (nSPS) is 12.1. The Morgan fingerprint density at radius 1 is 1.16 bits per heavy atom. The van der Waals surface area contributed by atoms with Gasteiger partial charge in [0.05, 0.1) is 0 Å². The molecule has 1 aromatic heterocycles. The molecule has 0 fully saturated rings. The number of benzene rings is 1. The van der Waals surface area contributed by atoms with E-state index < -0.39 is 0 Å². The molecular formula is C16H23N3. The van der Waals surface area contributed by atoms with Gasteiger partial charge in [-0.15, -0.1) is 0 Å². The minimum Gasteiger partial charge on any atom is -0.369 e. The topological polar surface area (TPSA) is 28.2 Å². The molecule has 0 radical (unpaired) electrons. The van der Waals surface area contributed by atoms with Gasteiger partial charge in [0.15, 0.2) is 0 Å². The van der Waals surface area contributed by atoms with Gasteiger partial charge in [-0.3, -0.25) is 0 Å². The molecule has 0 spiro atoms. The van der Waals surface area contributed by atoms with Gasteiger partial charge in [-0.05, 0) is 31.0 Å². The van der Waals surface area contributed by atoms with Gasteiger partial charge in [-0.1, -0.05) is 38.1 Å². The van der Waals surface area contributed by atoms with Crippen LogP contribution in [0.25, 0.3) is 10.8 Å². The molecule has 0 saturated carbocycles. The van der Waals surface area contributed by atoms with Crippen molar-refractivity contribution >= 4 is 16.6 Å². The van der Waals surface area contributed by atoms with E-state index in [1.165, 1.54) is 10.8 Å². The van der Waals surface area contributed by atoms with Crippen LogP contribution in [0.15, 0.2) is 36.5 Å². The largest absolute Gasteiger partial charge is 0.369 e. The molecule has 0 saturated heterocycles. The van der Waals surface area contributed by atoms with Gasteiger partial charge in [0.25, 0.3) is 0 Å². The van der Waals surface area contributed by atoms with Gasteiger partial charge >= 0.3 is 0 Å². The van der Waals surface area contributed by atoms with Crippen LogP contribution in [-0.4, -0.2) is 37.1 Å². The summed E-state index contributed by atoms with van der Waals surface area (Å²) in [6, 6.07) is 10.4. The van der Waals surface area contributed by atoms with E-state index in [9.17, 15) is 0 Å². The number of aromatic nitrogens is 1. The highest BCUT2D eigenvalue weighted by Crippen LogP contribution is 2.23. The van der Waals surface area contributed by atoms with Crippen molar-refractivity contribution in [1.29, 1.82) is 0 Å². The van der Waals surface area contributed by atoms with Crippen molar-refractivity contribution in [1.82, 2.24) is 9.88 Å². The molecule has 0 aliphatic carbocycles. The minimum absolute atomic E-state index is 0.210. The average molecular weight is 257 g/mol. The van der Waals surface area contributed by atoms with Crippen LogP contribution in [0.4, 0.5) is 5.82 Å². The molecule has 1 N–H and O–H groups in total. The van der Waals surface area contributed by atoms with E-state index in [0.29, 0.717) is 0 Å². The third-order valence-corrected chi connectivity index (χ3v) is 3.15. The summed E-state index contributed by atoms with van der Waals surface area (Å²) in [6.45, 7) is 6.49. The Balaban J connectivity index is 2.14. The number of fused-ring (bicyclic) bond motifs is 1. The molecule has 2 rings (SSSR count). The van der Waals surface area contributed by atoms with Crippen molar-refractivity contribution < 1.29 is 0 Å². The summed E-state index contributed by atoms with van der Waals surface area (Å²) in [5.74, 6) is 0.977. The van der Waals surface area contributed by atoms with Crippen molar-refractivity contribution in [3.63, 3.8) is 0 Å². The van der Waals surface area contributed by atoms with E-state index in [0.717, 1.165) is 18.9 Å². The second kappa shape index (κ2) is 5.57. The molecule has 3 nitrogen and oxygen atoms in total. The standard InChI is InChI=1S/C16H23N3/c1-16(2,12-19(3)4)11-18-15-14-8-6-5-7-13(14)9-10-17-15/h5-10H,11-12H2,1-4H3,(H,17,18). The van der Waals surface area contributed by atoms with E-state index in [1.54, 1.807) is 0 Å². The number of pyridine rings is 1. The summed E-state index contributed by atoms with van der Waals surface area (Å²) in [7, 11) is 4.22. The Kier molecular flexibility index (Phi) is 4.05. The zero-order chi connectivity index (χ0) is 13.9. The van der Waals surface area contributed by atoms with E-state index in [4.69, 9.17) is 0 Å². The third kappa shape index (κ3) is 3.67. The van der Waals surface area contributed by atoms with Crippen molar-refractivity contribution in [3.8, 4) is 0 Å². The first-order valence-electron chi connectivity index (χ1n) is 6.70. The molecule has 0 unspecified atom stereocenters. The molecule has 0 amide bonds. The highest BCUT2D eigenvalue weighted by Gasteiger charge is 2.19. The lowest BCUT2D eigenvalue weighted by atomic mass is 9.93. The number of hydrogen-bond acceptors (Lipinski definition) is 3. The lowest BCUT2D eigenvalue weighted by molar-refractivity contribution is 0.254. The molecule has 0 aliphatic rings. The molecule has 0 aliphatic heterocycles. The summed E-state index contributed by atoms with van der Waals surface area (Å²) in [4.78, 5) is 6.68. The van der Waals surface area contributed by atoms with Gasteiger partial charge in [0.1, 0.15) is 5.82 Å². The van der Waals surface area contributed by atoms with Gasteiger partial charge in [0.2, 0.25) is 0 Å². The van der Waals surface area contributed by atoms with E-state index >= 15 is 0 Å². The van der Waals surface area contributed by atoms with E-state index in [2.05, 4.69) is 67.4 Å². The van der Waals surface area contributed by atoms with Crippen molar-refractivity contribution in [2.45, 2.75) is 13.8 Å². The molecule has 0 atom stereocenters. The fourth-order valence-corrected chi connectivity index (χ4v) is 2.50. The smallest absolute Gasteiger partial charge is 0.133 e. The molecule has 3 heteroatoms. The summed E-state index contributed by atoms with van der Waals surface area (Å²) >= 11 is 0. The number of nitrogens with zero attached hydrogens (tertiary/aromatic N) is 2. The number of anilines is 1. The minimum atomic E-state index is 0.210. The van der Waals surface area contributed by atoms with Crippen LogP contribution in [0, 0.1) is 5.41 Å². The van der Waals surface area contributed by atoms with Crippen LogP contribution in [0.2, 0.25) is 0 Å². The first-order chi connectivity index (χ1) is 8.98. The first kappa shape index (κ1) is 13.8. The second-order valence-corrected chi connectivity index (χ2v) is 6.14. The Labute approximate surface area is 115 Å². The van der Waals surface area contributed by atoms with E-state index in [-0.39, 0.29) is 5.41 Å². The number of nitrogens with one attached hydrogen (secondary N) is 1. The third-order valence-electron chi connectivity index (χ3n) is 3.15. The Morgan fingerprint density at radius 3 is 2.63 bits per heavy atom. The molecule has 1 aromatic carbocycles. The summed E-state index contributed by atoms with van der Waals surface area (Å²) in [5.41, 5.74) is 0.210. The Morgan fingerprint density at radius 2 is 1.89 bits per heavy atom. The summed E-state index contributed by atoms with van der Waals surface area (Å²) in [6.07, 6.45) is 1.86. The van der Waals surface area contributed by atoms with Crippen LogP contribution in [0.3, 0.4) is 0 Å². The van der Waals surface area contributed by atoms with Crippen LogP contribution in [0.5, 0.6) is 0 Å². The van der Waals surface area contributed by atoms with Crippen LogP contribution >= 0.6 is 0 Å². The van der Waals surface area contributed by atoms with Crippen molar-refractivity contribution in [2.75, 3.05) is 32.5 Å². The maximum atomic E-state index is 4.46. The predicted molar refractivity (Wildman–Crippen MR) is 82.6 cm³/mol. The predicted octanol–water partition coefficient (Wildman–Crippen LogP) is 3.23. The fraction of sp³-hybridized carbons (Fsp3) is 0.438. The van der Waals surface area contributed by atoms with Crippen molar-refractivity contribution in [3.05, 3.63) is 36.5 Å². The van der Waals surface area contributed by atoms with E-state index in [1.807, 2.05) is 12.3 Å². The Hall–Kier alpha value is -1.61. The first-order valence-corrected chi connectivity index (χ1v) is 6.70. The number of hydrogen-bond donors (Lipinski definition) is 1. The van der Waals surface area contributed by atoms with Gasteiger partial charge in [-0.25, -0.2) is 4.98 Å². The SMILES string of the molecule is CN(C)CC(C)(C)CNc1nccc2ccccc12. The second-order valence-electron chi connectivity index (χ2n) is 6.14. The monoisotopic (exact) mass is 257 g/mol. The molecule has 102 valence electrons. The zero-order valence-electron chi connectivity index (χ0n) is 12.3. The molecule has 2 aromatic rings. The highest BCUT2D eigenvalue weighted by atomic mass is 15.1. The molecule has 1 heterocycles. The Bertz CT molecular complexity index is 541. The lowest BCUT2D eigenvalue weighted by Gasteiger charge is -2.28. The van der Waals surface area contributed by atoms with Crippen LogP contribution in [-0.2, 0) is 0 Å². The lowest BCUT2D eigenvalue weighted by Crippen LogP contribution is -2.34. The fourth-order valence-electron chi connectivity index (χ4n) is 2.50. The quantitative estimate of drug-likeness (QED) is 0.891. The van der Waals surface area contributed by atoms with Crippen LogP contribution in [0.1, 0.15) is 13.8 Å². The summed E-state index contributed by atoms with van der Waals surface area (Å²) in [5, 5.41) is 5.91. The van der Waals surface area contributed by atoms with Gasteiger partial charge in [0, 0.05) is 24.7 Å². The maximum Gasteiger partial charge on any atom is 0.133 e. The van der Waals surface area contributed by atoms with Crippen LogP contribution < -0.4 is 5.32 Å². The zero-order valence-corrected chi connectivity index (χ0v) is 12.3. The molecule has 19 heavy (non-hydrogen) atoms. The molecule has 0 bridgehead atoms. The number of rotatable bonds is 5. The maximum absolute atomic E-state index is 4.46. The summed E-state index contributed by atoms with van der Waals surface area (Å²) < 4.78 is 0. The highest BCUT2D eigenvalue weighted by molar-refractivity contribution is 5.91. The molecular weight excluding hydrogens is 234 g/mol. The van der Waals surface area contributed by atoms with Crippen molar-refractivity contribution in [2.24, 2.45) is 5.41 Å². The van der Waals surface area contributed by atoms with Gasteiger partial charge in [-0.2, -0.15) is 0 Å². The van der Waals surface area contributed by atoms with Gasteiger partial charge < -0.3 is 10.2 Å². The average Bonchev–Trinajstić information content (AvgIpc) is 2.35.